The molecular weight excluding hydrogens is 268 g/mol. The Labute approximate surface area is 123 Å². The Hall–Kier alpha value is -1.49. The first-order chi connectivity index (χ1) is 9.72. The molecule has 1 aliphatic carbocycles. The van der Waals surface area contributed by atoms with Crippen LogP contribution in [-0.2, 0) is 0 Å². The summed E-state index contributed by atoms with van der Waals surface area (Å²) in [5, 5.41) is 9.65. The van der Waals surface area contributed by atoms with E-state index in [0.29, 0.717) is 12.0 Å². The van der Waals surface area contributed by atoms with Gasteiger partial charge in [-0.1, -0.05) is 30.0 Å². The van der Waals surface area contributed by atoms with Crippen molar-refractivity contribution in [1.82, 2.24) is 14.9 Å². The summed E-state index contributed by atoms with van der Waals surface area (Å²) in [5.41, 5.74) is 7.65. The van der Waals surface area contributed by atoms with E-state index in [1.54, 1.807) is 11.8 Å². The minimum absolute atomic E-state index is 0.334. The maximum atomic E-state index is 4.35. The molecule has 0 amide bonds. The number of fused-ring (bicyclic) bond motifs is 1. The van der Waals surface area contributed by atoms with Crippen LogP contribution in [0.3, 0.4) is 0 Å². The van der Waals surface area contributed by atoms with Crippen LogP contribution >= 0.6 is 11.8 Å². The largest absolute Gasteiger partial charge is 0.314 e. The molecule has 1 aliphatic heterocycles. The molecule has 1 aromatic heterocycles. The molecule has 1 saturated carbocycles. The van der Waals surface area contributed by atoms with Gasteiger partial charge in [0.2, 0.25) is 5.16 Å². The van der Waals surface area contributed by atoms with Gasteiger partial charge in [-0.2, -0.15) is 0 Å². The summed E-state index contributed by atoms with van der Waals surface area (Å²) in [6.07, 6.45) is 2.50. The Balaban J connectivity index is 1.65. The molecule has 1 aromatic carbocycles. The number of hydrogen-bond acceptors (Lipinski definition) is 4. The zero-order chi connectivity index (χ0) is 13.7. The molecule has 2 aromatic rings. The summed E-state index contributed by atoms with van der Waals surface area (Å²) in [6.45, 7) is 4.33. The van der Waals surface area contributed by atoms with Gasteiger partial charge >= 0.3 is 0 Å². The molecule has 4 rings (SSSR count). The predicted molar refractivity (Wildman–Crippen MR) is 80.7 cm³/mol. The standard InChI is InChI=1S/C15H18N4S/c1-9-3-4-12(7-10(9)2)13-8-20-15-17-16-14(11-5-6-11)19(15)18-13/h3-4,7,11,13,18H,5-6,8H2,1-2H3. The van der Waals surface area contributed by atoms with Crippen LogP contribution in [0.15, 0.2) is 23.4 Å². The number of hydrogen-bond donors (Lipinski definition) is 1. The average Bonchev–Trinajstić information content (AvgIpc) is 3.21. The van der Waals surface area contributed by atoms with E-state index >= 15 is 0 Å². The Morgan fingerprint density at radius 3 is 2.80 bits per heavy atom. The first-order valence-corrected chi connectivity index (χ1v) is 8.13. The maximum Gasteiger partial charge on any atom is 0.210 e. The third kappa shape index (κ3) is 2.00. The molecule has 1 fully saturated rings. The van der Waals surface area contributed by atoms with Gasteiger partial charge in [0, 0.05) is 11.7 Å². The smallest absolute Gasteiger partial charge is 0.210 e. The quantitative estimate of drug-likeness (QED) is 0.921. The van der Waals surface area contributed by atoms with Gasteiger partial charge in [-0.15, -0.1) is 10.2 Å². The SMILES string of the molecule is Cc1ccc(C2CSc3nnc(C4CC4)n3N2)cc1C. The Morgan fingerprint density at radius 1 is 1.20 bits per heavy atom. The minimum atomic E-state index is 0.334. The van der Waals surface area contributed by atoms with Gasteiger partial charge in [-0.25, -0.2) is 4.68 Å². The normalized spacial score (nSPS) is 21.4. The predicted octanol–water partition coefficient (Wildman–Crippen LogP) is 3.16. The third-order valence-corrected chi connectivity index (χ3v) is 5.22. The molecule has 5 heteroatoms. The Kier molecular flexibility index (Phi) is 2.77. The molecule has 0 radical (unpaired) electrons. The second kappa shape index (κ2) is 4.52. The number of thioether (sulfide) groups is 1. The van der Waals surface area contributed by atoms with Gasteiger partial charge in [0.25, 0.3) is 0 Å². The summed E-state index contributed by atoms with van der Waals surface area (Å²) < 4.78 is 2.12. The van der Waals surface area contributed by atoms with E-state index < -0.39 is 0 Å². The first-order valence-electron chi connectivity index (χ1n) is 7.14. The highest BCUT2D eigenvalue weighted by Gasteiger charge is 2.33. The van der Waals surface area contributed by atoms with Crippen LogP contribution in [0.5, 0.6) is 0 Å². The molecular formula is C15H18N4S. The van der Waals surface area contributed by atoms with Gasteiger partial charge in [0.15, 0.2) is 5.82 Å². The van der Waals surface area contributed by atoms with Gasteiger partial charge < -0.3 is 5.43 Å². The van der Waals surface area contributed by atoms with E-state index in [1.807, 2.05) is 0 Å². The van der Waals surface area contributed by atoms with E-state index in [9.17, 15) is 0 Å². The molecule has 0 spiro atoms. The van der Waals surface area contributed by atoms with Gasteiger partial charge in [-0.3, -0.25) is 0 Å². The van der Waals surface area contributed by atoms with Crippen LogP contribution in [0, 0.1) is 13.8 Å². The van der Waals surface area contributed by atoms with Crippen molar-refractivity contribution in [3.8, 4) is 0 Å². The average molecular weight is 286 g/mol. The molecule has 0 saturated heterocycles. The van der Waals surface area contributed by atoms with Crippen molar-refractivity contribution in [3.63, 3.8) is 0 Å². The number of rotatable bonds is 2. The first kappa shape index (κ1) is 12.3. The zero-order valence-corrected chi connectivity index (χ0v) is 12.6. The van der Waals surface area contributed by atoms with Crippen molar-refractivity contribution < 1.29 is 0 Å². The molecule has 4 nitrogen and oxygen atoms in total. The molecule has 1 unspecified atom stereocenters. The monoisotopic (exact) mass is 286 g/mol. The lowest BCUT2D eigenvalue weighted by atomic mass is 10.0. The maximum absolute atomic E-state index is 4.35. The number of nitrogens with zero attached hydrogens (tertiary/aromatic N) is 3. The fraction of sp³-hybridized carbons (Fsp3) is 0.467. The summed E-state index contributed by atoms with van der Waals surface area (Å²) >= 11 is 1.79. The van der Waals surface area contributed by atoms with E-state index in [-0.39, 0.29) is 0 Å². The minimum Gasteiger partial charge on any atom is -0.314 e. The van der Waals surface area contributed by atoms with Crippen LogP contribution in [-0.4, -0.2) is 20.6 Å². The summed E-state index contributed by atoms with van der Waals surface area (Å²) in [6, 6.07) is 7.06. The van der Waals surface area contributed by atoms with E-state index in [1.165, 1.54) is 29.5 Å². The molecule has 20 heavy (non-hydrogen) atoms. The zero-order valence-electron chi connectivity index (χ0n) is 11.8. The van der Waals surface area contributed by atoms with Crippen LogP contribution in [0.4, 0.5) is 0 Å². The van der Waals surface area contributed by atoms with Crippen LogP contribution in [0.25, 0.3) is 0 Å². The van der Waals surface area contributed by atoms with Crippen molar-refractivity contribution in [3.05, 3.63) is 40.7 Å². The van der Waals surface area contributed by atoms with Crippen molar-refractivity contribution in [2.24, 2.45) is 0 Å². The number of aryl methyl sites for hydroxylation is 2. The van der Waals surface area contributed by atoms with Crippen molar-refractivity contribution in [2.45, 2.75) is 43.8 Å². The summed E-state index contributed by atoms with van der Waals surface area (Å²) in [5.74, 6) is 2.73. The fourth-order valence-electron chi connectivity index (χ4n) is 2.61. The van der Waals surface area contributed by atoms with Crippen LogP contribution < -0.4 is 5.43 Å². The van der Waals surface area contributed by atoms with E-state index in [4.69, 9.17) is 0 Å². The fourth-order valence-corrected chi connectivity index (χ4v) is 3.56. The van der Waals surface area contributed by atoms with Crippen LogP contribution in [0.2, 0.25) is 0 Å². The Bertz CT molecular complexity index is 660. The third-order valence-electron chi connectivity index (χ3n) is 4.20. The highest BCUT2D eigenvalue weighted by atomic mass is 32.2. The number of nitrogens with one attached hydrogen (secondary N) is 1. The van der Waals surface area contributed by atoms with Gasteiger partial charge in [0.1, 0.15) is 0 Å². The van der Waals surface area contributed by atoms with Gasteiger partial charge in [0.05, 0.1) is 6.04 Å². The highest BCUT2D eigenvalue weighted by Crippen LogP contribution is 2.41. The lowest BCUT2D eigenvalue weighted by Crippen LogP contribution is -2.29. The second-order valence-corrected chi connectivity index (χ2v) is 6.77. The molecule has 0 bridgehead atoms. The summed E-state index contributed by atoms with van der Waals surface area (Å²) in [7, 11) is 0. The van der Waals surface area contributed by atoms with Gasteiger partial charge in [-0.05, 0) is 43.4 Å². The molecule has 1 N–H and O–H groups in total. The molecule has 1 atom stereocenters. The highest BCUT2D eigenvalue weighted by molar-refractivity contribution is 7.99. The van der Waals surface area contributed by atoms with Crippen molar-refractivity contribution in [1.29, 1.82) is 0 Å². The summed E-state index contributed by atoms with van der Waals surface area (Å²) in [4.78, 5) is 0. The molecule has 2 heterocycles. The van der Waals surface area contributed by atoms with Crippen molar-refractivity contribution >= 4 is 11.8 Å². The number of benzene rings is 1. The Morgan fingerprint density at radius 2 is 2.05 bits per heavy atom. The number of aromatic nitrogens is 3. The lowest BCUT2D eigenvalue weighted by Gasteiger charge is -2.27. The molecule has 104 valence electrons. The molecule has 2 aliphatic rings. The lowest BCUT2D eigenvalue weighted by molar-refractivity contribution is 0.633. The van der Waals surface area contributed by atoms with Crippen molar-refractivity contribution in [2.75, 3.05) is 11.2 Å². The van der Waals surface area contributed by atoms with Crippen LogP contribution in [0.1, 0.15) is 47.3 Å². The topological polar surface area (TPSA) is 42.7 Å². The van der Waals surface area contributed by atoms with E-state index in [0.717, 1.165) is 16.7 Å². The van der Waals surface area contributed by atoms with E-state index in [2.05, 4.69) is 52.3 Å². The second-order valence-electron chi connectivity index (χ2n) is 5.79.